The van der Waals surface area contributed by atoms with E-state index in [1.54, 1.807) is 0 Å². The molecule has 1 atom stereocenters. The zero-order valence-electron chi connectivity index (χ0n) is 19.5. The van der Waals surface area contributed by atoms with E-state index in [-0.39, 0.29) is 31.2 Å². The number of quaternary nitrogens is 1. The Morgan fingerprint density at radius 2 is 1.13 bits per heavy atom. The number of nitrogens with zero attached hydrogens (tertiary/aromatic N) is 1. The van der Waals surface area contributed by atoms with E-state index in [2.05, 4.69) is 0 Å². The fourth-order valence-electron chi connectivity index (χ4n) is 3.84. The number of unbranched alkanes of at least 4 members (excludes halogenated alkanes) is 12. The Labute approximate surface area is 190 Å². The number of ketones is 1. The number of likely N-dealkylation sites (N-methyl/N-ethyl adjacent to an activating group) is 1. The van der Waals surface area contributed by atoms with Gasteiger partial charge >= 0.3 is 0 Å². The molecule has 1 unspecified atom stereocenters. The summed E-state index contributed by atoms with van der Waals surface area (Å²) in [7, 11) is 5.47. The van der Waals surface area contributed by atoms with Crippen LogP contribution in [0.25, 0.3) is 0 Å². The molecule has 0 aromatic heterocycles. The third kappa shape index (κ3) is 18.1. The summed E-state index contributed by atoms with van der Waals surface area (Å²) >= 11 is 0. The molecule has 6 nitrogen and oxygen atoms in total. The maximum absolute atomic E-state index is 12.4. The first-order valence-corrected chi connectivity index (χ1v) is 11.5. The van der Waals surface area contributed by atoms with E-state index in [0.29, 0.717) is 17.5 Å². The summed E-state index contributed by atoms with van der Waals surface area (Å²) in [6.07, 6.45) is 14.3. The van der Waals surface area contributed by atoms with Crippen LogP contribution in [0.5, 0.6) is 0 Å². The molecule has 0 aromatic rings. The lowest BCUT2D eigenvalue weighted by Gasteiger charge is -2.34. The number of hydrogen-bond donors (Lipinski definition) is 2. The van der Waals surface area contributed by atoms with Gasteiger partial charge in [-0.05, 0) is 12.8 Å². The van der Waals surface area contributed by atoms with Gasteiger partial charge in [0.05, 0.1) is 21.1 Å². The summed E-state index contributed by atoms with van der Waals surface area (Å²) in [4.78, 5) is 23.4. The van der Waals surface area contributed by atoms with Gasteiger partial charge in [0.25, 0.3) is 0 Å². The minimum absolute atomic E-state index is 0. The highest BCUT2D eigenvalue weighted by molar-refractivity contribution is 5.90. The first kappa shape index (κ1) is 31.5. The van der Waals surface area contributed by atoms with Crippen LogP contribution in [0.4, 0.5) is 0 Å². The average Bonchev–Trinajstić information content (AvgIpc) is 2.59. The van der Waals surface area contributed by atoms with Crippen LogP contribution in [0.1, 0.15) is 96.3 Å². The van der Waals surface area contributed by atoms with Gasteiger partial charge in [0, 0.05) is 25.4 Å². The molecule has 0 radical (unpaired) electrons. The summed E-state index contributed by atoms with van der Waals surface area (Å²) in [5.74, 6) is -1.77. The quantitative estimate of drug-likeness (QED) is 0.219. The molecule has 0 fully saturated rings. The van der Waals surface area contributed by atoms with Gasteiger partial charge in [-0.15, -0.1) is 12.4 Å². The molecule has 0 saturated heterocycles. The molecule has 2 N–H and O–H groups in total. The zero-order valence-corrected chi connectivity index (χ0v) is 20.3. The Hall–Kier alpha value is -0.690. The Morgan fingerprint density at radius 3 is 1.47 bits per heavy atom. The first-order valence-electron chi connectivity index (χ1n) is 11.5. The molecular formula is C23H46ClNO5. The minimum Gasteiger partial charge on any atom is -0.550 e. The smallest absolute Gasteiger partial charge is 0.177 e. The second-order valence-corrected chi connectivity index (χ2v) is 9.52. The van der Waals surface area contributed by atoms with E-state index in [0.717, 1.165) is 32.1 Å². The normalized spacial score (nSPS) is 13.5. The molecule has 0 aromatic carbocycles. The third-order valence-corrected chi connectivity index (χ3v) is 5.25. The highest BCUT2D eigenvalue weighted by Crippen LogP contribution is 2.20. The summed E-state index contributed by atoms with van der Waals surface area (Å²) in [6.45, 7) is 0.381. The van der Waals surface area contributed by atoms with Crippen LogP contribution in [-0.4, -0.2) is 66.3 Å². The van der Waals surface area contributed by atoms with Crippen molar-refractivity contribution in [3.8, 4) is 0 Å². The van der Waals surface area contributed by atoms with Gasteiger partial charge < -0.3 is 24.6 Å². The van der Waals surface area contributed by atoms with Gasteiger partial charge in [-0.25, -0.2) is 0 Å². The number of aliphatic carboxylic acids is 1. The van der Waals surface area contributed by atoms with Gasteiger partial charge in [0.15, 0.2) is 11.4 Å². The number of hydrogen-bond acceptors (Lipinski definition) is 5. The standard InChI is InChI=1S/C23H45NO5.ClH/c1-24(2,3)20-23(29,19-22(27)28)21(26)17-15-13-11-9-7-5-4-6-8-10-12-14-16-18-25;/h25,29H,4-20H2,1-3H3;1H. The lowest BCUT2D eigenvalue weighted by Crippen LogP contribution is -2.56. The molecule has 0 spiro atoms. The average molecular weight is 452 g/mol. The largest absolute Gasteiger partial charge is 0.550 e. The highest BCUT2D eigenvalue weighted by atomic mass is 35.5. The molecule has 0 rings (SSSR count). The molecule has 0 aliphatic carbocycles. The van der Waals surface area contributed by atoms with Crippen molar-refractivity contribution >= 4 is 24.2 Å². The van der Waals surface area contributed by atoms with Crippen molar-refractivity contribution < 1.29 is 29.4 Å². The molecular weight excluding hydrogens is 406 g/mol. The maximum atomic E-state index is 12.4. The van der Waals surface area contributed by atoms with Gasteiger partial charge in [0.1, 0.15) is 6.54 Å². The lowest BCUT2D eigenvalue weighted by atomic mass is 9.89. The SMILES string of the molecule is C[N+](C)(C)CC(O)(CC(=O)[O-])C(=O)CCCCCCCCCCCCCCCO.Cl. The molecule has 0 bridgehead atoms. The van der Waals surface area contributed by atoms with Crippen molar-refractivity contribution in [1.82, 2.24) is 0 Å². The van der Waals surface area contributed by atoms with Crippen molar-refractivity contribution in [1.29, 1.82) is 0 Å². The van der Waals surface area contributed by atoms with E-state index in [1.807, 2.05) is 21.1 Å². The highest BCUT2D eigenvalue weighted by Gasteiger charge is 2.40. The number of rotatable bonds is 20. The van der Waals surface area contributed by atoms with Gasteiger partial charge in [-0.1, -0.05) is 70.6 Å². The molecule has 0 amide bonds. The van der Waals surface area contributed by atoms with Gasteiger partial charge in [-0.2, -0.15) is 0 Å². The van der Waals surface area contributed by atoms with Crippen LogP contribution in [0.2, 0.25) is 0 Å². The van der Waals surface area contributed by atoms with Crippen LogP contribution in [0.3, 0.4) is 0 Å². The Balaban J connectivity index is 0. The second-order valence-electron chi connectivity index (χ2n) is 9.52. The summed E-state index contributed by atoms with van der Waals surface area (Å²) in [5.41, 5.74) is -1.84. The molecule has 0 aliphatic heterocycles. The van der Waals surface area contributed by atoms with Gasteiger partial charge in [-0.3, -0.25) is 4.79 Å². The fraction of sp³-hybridized carbons (Fsp3) is 0.913. The number of aliphatic hydroxyl groups excluding tert-OH is 1. The number of Topliss-reactive ketones (excluding diaryl/α,β-unsaturated/α-hetero) is 1. The van der Waals surface area contributed by atoms with Crippen LogP contribution < -0.4 is 5.11 Å². The minimum atomic E-state index is -1.84. The first-order chi connectivity index (χ1) is 13.6. The monoisotopic (exact) mass is 451 g/mol. The third-order valence-electron chi connectivity index (χ3n) is 5.25. The van der Waals surface area contributed by atoms with Crippen molar-refractivity contribution in [3.05, 3.63) is 0 Å². The van der Waals surface area contributed by atoms with E-state index < -0.39 is 18.0 Å². The topological polar surface area (TPSA) is 97.7 Å². The van der Waals surface area contributed by atoms with Gasteiger partial charge in [0.2, 0.25) is 0 Å². The zero-order chi connectivity index (χ0) is 22.2. The van der Waals surface area contributed by atoms with E-state index >= 15 is 0 Å². The Bertz CT molecular complexity index is 453. The Morgan fingerprint density at radius 1 is 0.767 bits per heavy atom. The van der Waals surface area contributed by atoms with Crippen molar-refractivity contribution in [3.63, 3.8) is 0 Å². The van der Waals surface area contributed by atoms with Crippen LogP contribution in [0.15, 0.2) is 0 Å². The predicted octanol–water partition coefficient (Wildman–Crippen LogP) is 3.01. The van der Waals surface area contributed by atoms with E-state index in [4.69, 9.17) is 5.11 Å². The van der Waals surface area contributed by atoms with Crippen molar-refractivity contribution in [2.75, 3.05) is 34.3 Å². The van der Waals surface area contributed by atoms with Crippen LogP contribution in [-0.2, 0) is 9.59 Å². The van der Waals surface area contributed by atoms with Crippen molar-refractivity contribution in [2.24, 2.45) is 0 Å². The molecule has 30 heavy (non-hydrogen) atoms. The predicted molar refractivity (Wildman–Crippen MR) is 121 cm³/mol. The maximum Gasteiger partial charge on any atom is 0.177 e. The molecule has 0 saturated carbocycles. The Kier molecular flexibility index (Phi) is 18.8. The summed E-state index contributed by atoms with van der Waals surface area (Å²) < 4.78 is 0.318. The molecule has 180 valence electrons. The van der Waals surface area contributed by atoms with Crippen molar-refractivity contribution in [2.45, 2.75) is 102 Å². The number of carbonyl (C=O) groups is 2. The number of carbonyl (C=O) groups excluding carboxylic acids is 2. The number of carboxylic acid groups (broad SMARTS) is 1. The second kappa shape index (κ2) is 17.9. The van der Waals surface area contributed by atoms with E-state index in [9.17, 15) is 19.8 Å². The van der Waals surface area contributed by atoms with Crippen LogP contribution in [0, 0.1) is 0 Å². The number of halogens is 1. The number of carboxylic acids is 1. The lowest BCUT2D eigenvalue weighted by molar-refractivity contribution is -0.875. The summed E-state index contributed by atoms with van der Waals surface area (Å²) in [5, 5.41) is 30.3. The molecule has 7 heteroatoms. The fourth-order valence-corrected chi connectivity index (χ4v) is 3.84. The van der Waals surface area contributed by atoms with Crippen LogP contribution >= 0.6 is 12.4 Å². The summed E-state index contributed by atoms with van der Waals surface area (Å²) in [6, 6.07) is 0. The number of aliphatic hydroxyl groups is 2. The molecule has 0 heterocycles. The molecule has 0 aliphatic rings. The van der Waals surface area contributed by atoms with E-state index in [1.165, 1.54) is 44.9 Å².